The maximum atomic E-state index is 5.80. The first-order chi connectivity index (χ1) is 7.33. The lowest BCUT2D eigenvalue weighted by Gasteiger charge is -1.96. The van der Waals surface area contributed by atoms with Crippen molar-refractivity contribution in [1.29, 1.82) is 0 Å². The molecular formula is C13H17NO. The van der Waals surface area contributed by atoms with Crippen LogP contribution < -0.4 is 5.73 Å². The standard InChI is InChI=1S/C13H17NO/c1-10-11-6-2-3-8-13(11)15-12(10)7-4-5-9-14/h2-3,6,8H,4-5,7,9,14H2,1H3. The molecule has 2 nitrogen and oxygen atoms in total. The van der Waals surface area contributed by atoms with Crippen LogP contribution in [0.15, 0.2) is 28.7 Å². The van der Waals surface area contributed by atoms with Crippen molar-refractivity contribution in [3.05, 3.63) is 35.6 Å². The molecule has 80 valence electrons. The molecule has 2 rings (SSSR count). The number of hydrogen-bond donors (Lipinski definition) is 1. The van der Waals surface area contributed by atoms with Gasteiger partial charge >= 0.3 is 0 Å². The fourth-order valence-corrected chi connectivity index (χ4v) is 1.89. The molecule has 0 spiro atoms. The van der Waals surface area contributed by atoms with E-state index in [4.69, 9.17) is 10.2 Å². The van der Waals surface area contributed by atoms with Crippen LogP contribution in [0.25, 0.3) is 11.0 Å². The first-order valence-corrected chi connectivity index (χ1v) is 5.50. The quantitative estimate of drug-likeness (QED) is 0.776. The van der Waals surface area contributed by atoms with Crippen LogP contribution >= 0.6 is 0 Å². The Morgan fingerprint density at radius 3 is 2.73 bits per heavy atom. The van der Waals surface area contributed by atoms with Crippen molar-refractivity contribution in [2.75, 3.05) is 6.54 Å². The number of nitrogens with two attached hydrogens (primary N) is 1. The number of hydrogen-bond acceptors (Lipinski definition) is 2. The lowest BCUT2D eigenvalue weighted by atomic mass is 10.1. The van der Waals surface area contributed by atoms with Gasteiger partial charge in [-0.25, -0.2) is 0 Å². The minimum atomic E-state index is 0.763. The number of fused-ring (bicyclic) bond motifs is 1. The number of benzene rings is 1. The van der Waals surface area contributed by atoms with E-state index in [0.717, 1.165) is 37.2 Å². The van der Waals surface area contributed by atoms with Gasteiger partial charge in [-0.1, -0.05) is 18.2 Å². The predicted molar refractivity (Wildman–Crippen MR) is 62.9 cm³/mol. The van der Waals surface area contributed by atoms with Crippen LogP contribution in [0.3, 0.4) is 0 Å². The topological polar surface area (TPSA) is 39.2 Å². The van der Waals surface area contributed by atoms with Crippen molar-refractivity contribution in [3.63, 3.8) is 0 Å². The Kier molecular flexibility index (Phi) is 3.07. The summed E-state index contributed by atoms with van der Waals surface area (Å²) in [5.74, 6) is 1.12. The van der Waals surface area contributed by atoms with Crippen LogP contribution in [0.2, 0.25) is 0 Å². The molecule has 0 amide bonds. The first-order valence-electron chi connectivity index (χ1n) is 5.50. The molecule has 0 saturated heterocycles. The Balaban J connectivity index is 2.24. The summed E-state index contributed by atoms with van der Waals surface area (Å²) in [4.78, 5) is 0. The second kappa shape index (κ2) is 4.49. The van der Waals surface area contributed by atoms with Crippen molar-refractivity contribution >= 4 is 11.0 Å². The number of rotatable bonds is 4. The molecule has 0 aliphatic rings. The molecule has 0 aliphatic heterocycles. The minimum absolute atomic E-state index is 0.763. The molecule has 0 radical (unpaired) electrons. The summed E-state index contributed by atoms with van der Waals surface area (Å²) < 4.78 is 5.80. The molecule has 0 atom stereocenters. The third-order valence-corrected chi connectivity index (χ3v) is 2.80. The van der Waals surface area contributed by atoms with E-state index in [1.807, 2.05) is 12.1 Å². The highest BCUT2D eigenvalue weighted by Gasteiger charge is 2.08. The van der Waals surface area contributed by atoms with E-state index in [1.54, 1.807) is 0 Å². The van der Waals surface area contributed by atoms with Crippen LogP contribution in [0, 0.1) is 6.92 Å². The Morgan fingerprint density at radius 1 is 1.20 bits per heavy atom. The predicted octanol–water partition coefficient (Wildman–Crippen LogP) is 3.02. The van der Waals surface area contributed by atoms with Gasteiger partial charge in [0.05, 0.1) is 0 Å². The summed E-state index contributed by atoms with van der Waals surface area (Å²) in [7, 11) is 0. The summed E-state index contributed by atoms with van der Waals surface area (Å²) in [6.45, 7) is 2.89. The smallest absolute Gasteiger partial charge is 0.134 e. The van der Waals surface area contributed by atoms with Gasteiger partial charge in [0.1, 0.15) is 11.3 Å². The third kappa shape index (κ3) is 2.05. The molecule has 0 saturated carbocycles. The summed E-state index contributed by atoms with van der Waals surface area (Å²) >= 11 is 0. The van der Waals surface area contributed by atoms with Gasteiger partial charge in [0.15, 0.2) is 0 Å². The highest BCUT2D eigenvalue weighted by atomic mass is 16.3. The lowest BCUT2D eigenvalue weighted by Crippen LogP contribution is -1.98. The van der Waals surface area contributed by atoms with E-state index in [1.165, 1.54) is 10.9 Å². The molecular weight excluding hydrogens is 186 g/mol. The fraction of sp³-hybridized carbons (Fsp3) is 0.385. The van der Waals surface area contributed by atoms with Crippen molar-refractivity contribution in [2.24, 2.45) is 5.73 Å². The van der Waals surface area contributed by atoms with Crippen molar-refractivity contribution in [1.82, 2.24) is 0 Å². The van der Waals surface area contributed by atoms with E-state index in [9.17, 15) is 0 Å². The van der Waals surface area contributed by atoms with E-state index in [2.05, 4.69) is 19.1 Å². The van der Waals surface area contributed by atoms with Gasteiger partial charge < -0.3 is 10.2 Å². The van der Waals surface area contributed by atoms with E-state index in [-0.39, 0.29) is 0 Å². The molecule has 15 heavy (non-hydrogen) atoms. The molecule has 2 aromatic rings. The van der Waals surface area contributed by atoms with Gasteiger partial charge in [-0.2, -0.15) is 0 Å². The summed E-state index contributed by atoms with van der Waals surface area (Å²) in [6.07, 6.45) is 3.17. The third-order valence-electron chi connectivity index (χ3n) is 2.80. The second-order valence-electron chi connectivity index (χ2n) is 3.89. The Hall–Kier alpha value is -1.28. The summed E-state index contributed by atoms with van der Waals surface area (Å²) in [5.41, 5.74) is 7.75. The van der Waals surface area contributed by atoms with Crippen LogP contribution in [0.4, 0.5) is 0 Å². The van der Waals surface area contributed by atoms with Crippen LogP contribution in [0.5, 0.6) is 0 Å². The SMILES string of the molecule is Cc1c(CCCCN)oc2ccccc12. The van der Waals surface area contributed by atoms with Gasteiger partial charge in [-0.05, 0) is 37.9 Å². The van der Waals surface area contributed by atoms with E-state index in [0.29, 0.717) is 0 Å². The largest absolute Gasteiger partial charge is 0.461 e. The lowest BCUT2D eigenvalue weighted by molar-refractivity contribution is 0.530. The van der Waals surface area contributed by atoms with Gasteiger partial charge in [0, 0.05) is 11.8 Å². The van der Waals surface area contributed by atoms with Gasteiger partial charge in [-0.15, -0.1) is 0 Å². The Morgan fingerprint density at radius 2 is 2.00 bits per heavy atom. The van der Waals surface area contributed by atoms with E-state index >= 15 is 0 Å². The average molecular weight is 203 g/mol. The number of para-hydroxylation sites is 1. The van der Waals surface area contributed by atoms with E-state index < -0.39 is 0 Å². The first kappa shape index (κ1) is 10.2. The molecule has 2 heteroatoms. The maximum Gasteiger partial charge on any atom is 0.134 e. The number of furan rings is 1. The molecule has 0 unspecified atom stereocenters. The molecule has 1 aromatic heterocycles. The Labute approximate surface area is 90.1 Å². The summed E-state index contributed by atoms with van der Waals surface area (Å²) in [5, 5.41) is 1.24. The summed E-state index contributed by atoms with van der Waals surface area (Å²) in [6, 6.07) is 8.19. The highest BCUT2D eigenvalue weighted by molar-refractivity contribution is 5.81. The van der Waals surface area contributed by atoms with Crippen LogP contribution in [-0.2, 0) is 6.42 Å². The monoisotopic (exact) mass is 203 g/mol. The second-order valence-corrected chi connectivity index (χ2v) is 3.89. The number of unbranched alkanes of at least 4 members (excludes halogenated alkanes) is 1. The zero-order valence-electron chi connectivity index (χ0n) is 9.12. The molecule has 0 aliphatic carbocycles. The normalized spacial score (nSPS) is 11.1. The molecule has 1 aromatic carbocycles. The van der Waals surface area contributed by atoms with Crippen molar-refractivity contribution in [3.8, 4) is 0 Å². The van der Waals surface area contributed by atoms with Crippen LogP contribution in [-0.4, -0.2) is 6.54 Å². The fourth-order valence-electron chi connectivity index (χ4n) is 1.89. The zero-order chi connectivity index (χ0) is 10.7. The Bertz CT molecular complexity index is 445. The molecule has 2 N–H and O–H groups in total. The van der Waals surface area contributed by atoms with Crippen molar-refractivity contribution < 1.29 is 4.42 Å². The molecule has 0 fully saturated rings. The minimum Gasteiger partial charge on any atom is -0.461 e. The zero-order valence-corrected chi connectivity index (χ0v) is 9.12. The van der Waals surface area contributed by atoms with Gasteiger partial charge in [0.25, 0.3) is 0 Å². The number of aryl methyl sites for hydroxylation is 2. The highest BCUT2D eigenvalue weighted by Crippen LogP contribution is 2.25. The maximum absolute atomic E-state index is 5.80. The van der Waals surface area contributed by atoms with Gasteiger partial charge in [-0.3, -0.25) is 0 Å². The average Bonchev–Trinajstić information content (AvgIpc) is 2.57. The molecule has 1 heterocycles. The van der Waals surface area contributed by atoms with Gasteiger partial charge in [0.2, 0.25) is 0 Å². The van der Waals surface area contributed by atoms with Crippen LogP contribution in [0.1, 0.15) is 24.2 Å². The molecule has 0 bridgehead atoms. The van der Waals surface area contributed by atoms with Crippen molar-refractivity contribution in [2.45, 2.75) is 26.2 Å².